The van der Waals surface area contributed by atoms with Gasteiger partial charge in [-0.15, -0.1) is 0 Å². The van der Waals surface area contributed by atoms with Gasteiger partial charge in [-0.05, 0) is 60.9 Å². The molecule has 1 aliphatic rings. The van der Waals surface area contributed by atoms with E-state index in [-0.39, 0.29) is 30.6 Å². The maximum Gasteiger partial charge on any atom is 0.251 e. The molecule has 0 bridgehead atoms. The number of carbonyl (C=O) groups excluding carboxylic acids is 2. The van der Waals surface area contributed by atoms with Gasteiger partial charge in [0.1, 0.15) is 23.4 Å². The van der Waals surface area contributed by atoms with Crippen LogP contribution in [0.5, 0.6) is 11.5 Å². The summed E-state index contributed by atoms with van der Waals surface area (Å²) in [6, 6.07) is 22.0. The first kappa shape index (κ1) is 25.3. The van der Waals surface area contributed by atoms with Crippen LogP contribution in [0.25, 0.3) is 0 Å². The zero-order chi connectivity index (χ0) is 25.3. The third-order valence-electron chi connectivity index (χ3n) is 6.00. The zero-order valence-corrected chi connectivity index (χ0v) is 19.7. The minimum atomic E-state index is -0.647. The first-order valence-electron chi connectivity index (χ1n) is 11.9. The average molecular weight is 493 g/mol. The topological polar surface area (TPSA) is 96.9 Å². The van der Waals surface area contributed by atoms with E-state index in [0.29, 0.717) is 25.1 Å². The zero-order valence-electron chi connectivity index (χ0n) is 19.7. The molecule has 1 saturated heterocycles. The van der Waals surface area contributed by atoms with Crippen LogP contribution < -0.4 is 15.4 Å². The molecule has 7 nitrogen and oxygen atoms in total. The summed E-state index contributed by atoms with van der Waals surface area (Å²) < 4.78 is 25.1. The van der Waals surface area contributed by atoms with Crippen LogP contribution in [0.4, 0.5) is 4.39 Å². The summed E-state index contributed by atoms with van der Waals surface area (Å²) in [6.07, 6.45) is 0.213. The fourth-order valence-corrected chi connectivity index (χ4v) is 4.11. The van der Waals surface area contributed by atoms with Crippen molar-refractivity contribution in [2.45, 2.75) is 44.1 Å². The molecule has 3 aromatic rings. The Morgan fingerprint density at radius 2 is 1.72 bits per heavy atom. The molecule has 1 aliphatic heterocycles. The first-order valence-corrected chi connectivity index (χ1v) is 11.9. The SMILES string of the molecule is O=C(C[C@@H]1CC[C@H](NC(=O)c2cccc(F)c2)[C@@H](CO)O1)NCc1ccc(Oc2ccccc2)cc1. The Kier molecular flexibility index (Phi) is 8.65. The van der Waals surface area contributed by atoms with Crippen molar-refractivity contribution in [2.24, 2.45) is 0 Å². The maximum atomic E-state index is 13.4. The summed E-state index contributed by atoms with van der Waals surface area (Å²) in [5, 5.41) is 15.5. The lowest BCUT2D eigenvalue weighted by atomic mass is 9.96. The lowest BCUT2D eigenvalue weighted by molar-refractivity contribution is -0.131. The highest BCUT2D eigenvalue weighted by atomic mass is 19.1. The molecular formula is C28H29FN2O5. The molecule has 3 N–H and O–H groups in total. The van der Waals surface area contributed by atoms with E-state index in [4.69, 9.17) is 9.47 Å². The van der Waals surface area contributed by atoms with E-state index in [9.17, 15) is 19.1 Å². The quantitative estimate of drug-likeness (QED) is 0.420. The first-order chi connectivity index (χ1) is 17.5. The van der Waals surface area contributed by atoms with Crippen molar-refractivity contribution in [3.05, 3.63) is 95.8 Å². The minimum Gasteiger partial charge on any atom is -0.457 e. The van der Waals surface area contributed by atoms with Gasteiger partial charge in [0.2, 0.25) is 5.91 Å². The van der Waals surface area contributed by atoms with Crippen molar-refractivity contribution >= 4 is 11.8 Å². The van der Waals surface area contributed by atoms with Crippen molar-refractivity contribution in [1.29, 1.82) is 0 Å². The summed E-state index contributed by atoms with van der Waals surface area (Å²) in [4.78, 5) is 24.9. The molecule has 1 fully saturated rings. The number of ether oxygens (including phenoxy) is 2. The summed E-state index contributed by atoms with van der Waals surface area (Å²) in [7, 11) is 0. The van der Waals surface area contributed by atoms with E-state index < -0.39 is 23.9 Å². The Bertz CT molecular complexity index is 1160. The van der Waals surface area contributed by atoms with Crippen LogP contribution in [-0.4, -0.2) is 41.8 Å². The molecule has 0 unspecified atom stereocenters. The number of nitrogens with one attached hydrogen (secondary N) is 2. The molecule has 3 aromatic carbocycles. The van der Waals surface area contributed by atoms with Gasteiger partial charge in [0, 0.05) is 12.1 Å². The maximum absolute atomic E-state index is 13.4. The summed E-state index contributed by atoms with van der Waals surface area (Å²) in [5.74, 6) is 0.370. The number of aliphatic hydroxyl groups excluding tert-OH is 1. The smallest absolute Gasteiger partial charge is 0.251 e. The highest BCUT2D eigenvalue weighted by molar-refractivity contribution is 5.94. The number of hydrogen-bond donors (Lipinski definition) is 3. The number of carbonyl (C=O) groups is 2. The Morgan fingerprint density at radius 1 is 0.972 bits per heavy atom. The van der Waals surface area contributed by atoms with Gasteiger partial charge in [0.15, 0.2) is 0 Å². The summed E-state index contributed by atoms with van der Waals surface area (Å²) in [5.41, 5.74) is 1.13. The average Bonchev–Trinajstić information content (AvgIpc) is 2.89. The van der Waals surface area contributed by atoms with Crippen LogP contribution in [0.3, 0.4) is 0 Å². The molecule has 1 heterocycles. The Labute approximate surface area is 209 Å². The van der Waals surface area contributed by atoms with Gasteiger partial charge in [-0.3, -0.25) is 9.59 Å². The Balaban J connectivity index is 1.22. The van der Waals surface area contributed by atoms with E-state index in [1.54, 1.807) is 0 Å². The Morgan fingerprint density at radius 3 is 2.44 bits per heavy atom. The van der Waals surface area contributed by atoms with E-state index in [1.165, 1.54) is 18.2 Å². The number of aliphatic hydroxyl groups is 1. The monoisotopic (exact) mass is 492 g/mol. The van der Waals surface area contributed by atoms with Crippen LogP contribution in [-0.2, 0) is 16.1 Å². The number of amides is 2. The van der Waals surface area contributed by atoms with E-state index >= 15 is 0 Å². The highest BCUT2D eigenvalue weighted by Gasteiger charge is 2.33. The fourth-order valence-electron chi connectivity index (χ4n) is 4.11. The molecule has 36 heavy (non-hydrogen) atoms. The molecule has 2 amide bonds. The van der Waals surface area contributed by atoms with Gasteiger partial charge >= 0.3 is 0 Å². The highest BCUT2D eigenvalue weighted by Crippen LogP contribution is 2.23. The van der Waals surface area contributed by atoms with Crippen LogP contribution in [0, 0.1) is 5.82 Å². The van der Waals surface area contributed by atoms with E-state index in [2.05, 4.69) is 10.6 Å². The lowest BCUT2D eigenvalue weighted by Gasteiger charge is -2.36. The van der Waals surface area contributed by atoms with Crippen molar-refractivity contribution in [2.75, 3.05) is 6.61 Å². The van der Waals surface area contributed by atoms with Crippen molar-refractivity contribution in [1.82, 2.24) is 10.6 Å². The molecule has 0 spiro atoms. The van der Waals surface area contributed by atoms with Gasteiger partial charge in [-0.25, -0.2) is 4.39 Å². The molecule has 0 aliphatic carbocycles. The van der Waals surface area contributed by atoms with Crippen LogP contribution >= 0.6 is 0 Å². The van der Waals surface area contributed by atoms with E-state index in [1.807, 2.05) is 54.6 Å². The standard InChI is InChI=1S/C28H29FN2O5/c29-21-6-4-5-20(15-21)28(34)31-25-14-13-24(36-26(25)18-32)16-27(33)30-17-19-9-11-23(12-10-19)35-22-7-2-1-3-8-22/h1-12,15,24-26,32H,13-14,16-18H2,(H,30,33)(H,31,34)/t24-,25-,26+/m0/s1. The number of halogens is 1. The molecule has 3 atom stereocenters. The van der Waals surface area contributed by atoms with Crippen LogP contribution in [0.1, 0.15) is 35.2 Å². The van der Waals surface area contributed by atoms with Crippen molar-refractivity contribution in [3.8, 4) is 11.5 Å². The normalized spacial score (nSPS) is 19.3. The molecule has 0 radical (unpaired) electrons. The summed E-state index contributed by atoms with van der Waals surface area (Å²) >= 11 is 0. The van der Waals surface area contributed by atoms with Crippen molar-refractivity contribution in [3.63, 3.8) is 0 Å². The largest absolute Gasteiger partial charge is 0.457 e. The van der Waals surface area contributed by atoms with Gasteiger partial charge in [0.25, 0.3) is 5.91 Å². The number of benzene rings is 3. The molecule has 4 rings (SSSR count). The molecule has 0 aromatic heterocycles. The number of para-hydroxylation sites is 1. The minimum absolute atomic E-state index is 0.149. The third kappa shape index (κ3) is 7.13. The van der Waals surface area contributed by atoms with Gasteiger partial charge < -0.3 is 25.2 Å². The second kappa shape index (κ2) is 12.3. The Hall–Kier alpha value is -3.75. The number of rotatable bonds is 9. The molecule has 0 saturated carbocycles. The van der Waals surface area contributed by atoms with Gasteiger partial charge in [-0.1, -0.05) is 36.4 Å². The van der Waals surface area contributed by atoms with E-state index in [0.717, 1.165) is 17.4 Å². The molecule has 8 heteroatoms. The van der Waals surface area contributed by atoms with Crippen molar-refractivity contribution < 1.29 is 28.6 Å². The van der Waals surface area contributed by atoms with Crippen LogP contribution in [0.15, 0.2) is 78.9 Å². The third-order valence-corrected chi connectivity index (χ3v) is 6.00. The van der Waals surface area contributed by atoms with Gasteiger partial charge in [0.05, 0.1) is 25.2 Å². The van der Waals surface area contributed by atoms with Crippen LogP contribution in [0.2, 0.25) is 0 Å². The predicted molar refractivity (Wildman–Crippen MR) is 132 cm³/mol. The molecule has 188 valence electrons. The summed E-state index contributed by atoms with van der Waals surface area (Å²) in [6.45, 7) is 0.0660. The second-order valence-electron chi connectivity index (χ2n) is 8.69. The fraction of sp³-hybridized carbons (Fsp3) is 0.286. The lowest BCUT2D eigenvalue weighted by Crippen LogP contribution is -2.51. The van der Waals surface area contributed by atoms with Gasteiger partial charge in [-0.2, -0.15) is 0 Å². The number of hydrogen-bond acceptors (Lipinski definition) is 5. The molecular weight excluding hydrogens is 463 g/mol. The second-order valence-corrected chi connectivity index (χ2v) is 8.69. The predicted octanol–water partition coefficient (Wildman–Crippen LogP) is 3.96.